The van der Waals surface area contributed by atoms with Gasteiger partial charge in [0.15, 0.2) is 5.96 Å². The highest BCUT2D eigenvalue weighted by molar-refractivity contribution is 14.0. The number of likely N-dealkylation sites (N-methyl/N-ethyl adjacent to an activating group) is 1. The molecule has 0 spiro atoms. The molecular formula is C16H28FIN4O. The largest absolute Gasteiger partial charge is 0.383 e. The maximum Gasteiger partial charge on any atom is 0.191 e. The predicted octanol–water partition coefficient (Wildman–Crippen LogP) is 2.08. The summed E-state index contributed by atoms with van der Waals surface area (Å²) < 4.78 is 17.9. The van der Waals surface area contributed by atoms with E-state index in [9.17, 15) is 4.39 Å². The van der Waals surface area contributed by atoms with Crippen LogP contribution in [0.5, 0.6) is 0 Å². The summed E-state index contributed by atoms with van der Waals surface area (Å²) in [7, 11) is 5.46. The summed E-state index contributed by atoms with van der Waals surface area (Å²) >= 11 is 0. The number of nitrogens with one attached hydrogen (secondary N) is 2. The van der Waals surface area contributed by atoms with Crippen molar-refractivity contribution in [1.82, 2.24) is 15.5 Å². The molecule has 1 aromatic carbocycles. The number of guanidine groups is 1. The number of halogens is 2. The molecule has 0 heterocycles. The number of nitrogens with zero attached hydrogens (tertiary/aromatic N) is 2. The highest BCUT2D eigenvalue weighted by atomic mass is 127. The first-order valence-corrected chi connectivity index (χ1v) is 7.44. The van der Waals surface area contributed by atoms with E-state index in [0.717, 1.165) is 31.2 Å². The maximum absolute atomic E-state index is 12.9. The molecular weight excluding hydrogens is 410 g/mol. The average Bonchev–Trinajstić information content (AvgIpc) is 2.49. The van der Waals surface area contributed by atoms with Gasteiger partial charge in [-0.3, -0.25) is 4.99 Å². The monoisotopic (exact) mass is 438 g/mol. The van der Waals surface area contributed by atoms with Crippen LogP contribution in [0.1, 0.15) is 12.5 Å². The average molecular weight is 438 g/mol. The number of rotatable bonds is 8. The smallest absolute Gasteiger partial charge is 0.191 e. The Labute approximate surface area is 155 Å². The van der Waals surface area contributed by atoms with Gasteiger partial charge in [0.1, 0.15) is 5.82 Å². The SMILES string of the molecule is CN=C(NCCN(C)Cc1ccc(F)cc1)NC(C)COC.I. The zero-order valence-corrected chi connectivity index (χ0v) is 16.6. The first-order valence-electron chi connectivity index (χ1n) is 7.44. The summed E-state index contributed by atoms with van der Waals surface area (Å²) in [6.45, 7) is 5.09. The minimum atomic E-state index is -0.201. The van der Waals surface area contributed by atoms with Crippen molar-refractivity contribution >= 4 is 29.9 Å². The Morgan fingerprint density at radius 2 is 2.00 bits per heavy atom. The minimum absolute atomic E-state index is 0. The van der Waals surface area contributed by atoms with Crippen LogP contribution in [0, 0.1) is 5.82 Å². The lowest BCUT2D eigenvalue weighted by molar-refractivity contribution is 0.179. The van der Waals surface area contributed by atoms with E-state index in [2.05, 4.69) is 20.5 Å². The van der Waals surface area contributed by atoms with Gasteiger partial charge in [0.05, 0.1) is 6.61 Å². The third-order valence-electron chi connectivity index (χ3n) is 3.18. The van der Waals surface area contributed by atoms with Gasteiger partial charge in [-0.05, 0) is 31.7 Å². The number of benzene rings is 1. The van der Waals surface area contributed by atoms with Crippen LogP contribution in [-0.2, 0) is 11.3 Å². The summed E-state index contributed by atoms with van der Waals surface area (Å²) in [4.78, 5) is 6.35. The fraction of sp³-hybridized carbons (Fsp3) is 0.562. The Bertz CT molecular complexity index is 456. The van der Waals surface area contributed by atoms with Crippen LogP contribution in [0.3, 0.4) is 0 Å². The molecule has 0 saturated heterocycles. The quantitative estimate of drug-likeness (QED) is 0.371. The van der Waals surface area contributed by atoms with E-state index in [-0.39, 0.29) is 35.8 Å². The molecule has 0 aromatic heterocycles. The van der Waals surface area contributed by atoms with Crippen LogP contribution in [0.25, 0.3) is 0 Å². The maximum atomic E-state index is 12.9. The predicted molar refractivity (Wildman–Crippen MR) is 104 cm³/mol. The molecule has 0 fully saturated rings. The second-order valence-corrected chi connectivity index (χ2v) is 5.36. The Hall–Kier alpha value is -0.930. The lowest BCUT2D eigenvalue weighted by Crippen LogP contribution is -2.45. The lowest BCUT2D eigenvalue weighted by Gasteiger charge is -2.20. The van der Waals surface area contributed by atoms with E-state index < -0.39 is 0 Å². The van der Waals surface area contributed by atoms with Crippen molar-refractivity contribution in [3.05, 3.63) is 35.6 Å². The van der Waals surface area contributed by atoms with Gasteiger partial charge in [-0.15, -0.1) is 24.0 Å². The topological polar surface area (TPSA) is 48.9 Å². The molecule has 0 aliphatic carbocycles. The van der Waals surface area contributed by atoms with Gasteiger partial charge in [-0.25, -0.2) is 4.39 Å². The van der Waals surface area contributed by atoms with E-state index in [1.807, 2.05) is 26.1 Å². The summed E-state index contributed by atoms with van der Waals surface area (Å²) in [5.41, 5.74) is 1.10. The minimum Gasteiger partial charge on any atom is -0.383 e. The molecule has 1 aromatic rings. The summed E-state index contributed by atoms with van der Waals surface area (Å²) in [6.07, 6.45) is 0. The Kier molecular flexibility index (Phi) is 12.0. The molecule has 0 amide bonds. The molecule has 0 saturated carbocycles. The Morgan fingerprint density at radius 1 is 1.35 bits per heavy atom. The van der Waals surface area contributed by atoms with Crippen molar-refractivity contribution in [3.8, 4) is 0 Å². The van der Waals surface area contributed by atoms with E-state index in [0.29, 0.717) is 6.61 Å². The first kappa shape index (κ1) is 22.1. The van der Waals surface area contributed by atoms with Gasteiger partial charge in [-0.2, -0.15) is 0 Å². The normalized spacial score (nSPS) is 12.7. The van der Waals surface area contributed by atoms with E-state index in [1.165, 1.54) is 12.1 Å². The van der Waals surface area contributed by atoms with Gasteiger partial charge in [0.25, 0.3) is 0 Å². The molecule has 0 aliphatic rings. The number of hydrogen-bond donors (Lipinski definition) is 2. The molecule has 2 N–H and O–H groups in total. The summed E-state index contributed by atoms with van der Waals surface area (Å²) in [5.74, 6) is 0.563. The molecule has 0 radical (unpaired) electrons. The highest BCUT2D eigenvalue weighted by Gasteiger charge is 2.05. The van der Waals surface area contributed by atoms with Gasteiger partial charge in [0, 0.05) is 39.8 Å². The standard InChI is InChI=1S/C16H27FN4O.HI/c1-13(12-22-4)20-16(18-2)19-9-10-21(3)11-14-5-7-15(17)8-6-14;/h5-8,13H,9-12H2,1-4H3,(H2,18,19,20);1H. The van der Waals surface area contributed by atoms with E-state index >= 15 is 0 Å². The van der Waals surface area contributed by atoms with Crippen LogP contribution in [-0.4, -0.2) is 57.8 Å². The van der Waals surface area contributed by atoms with Crippen molar-refractivity contribution in [2.24, 2.45) is 4.99 Å². The number of ether oxygens (including phenoxy) is 1. The molecule has 7 heteroatoms. The van der Waals surface area contributed by atoms with Crippen LogP contribution < -0.4 is 10.6 Å². The van der Waals surface area contributed by atoms with Crippen molar-refractivity contribution in [2.75, 3.05) is 40.9 Å². The number of aliphatic imine (C=N–C) groups is 1. The van der Waals surface area contributed by atoms with Crippen LogP contribution in [0.15, 0.2) is 29.3 Å². The first-order chi connectivity index (χ1) is 10.5. The Morgan fingerprint density at radius 3 is 2.57 bits per heavy atom. The van der Waals surface area contributed by atoms with E-state index in [4.69, 9.17) is 4.74 Å². The summed E-state index contributed by atoms with van der Waals surface area (Å²) in [6, 6.07) is 6.81. The third kappa shape index (κ3) is 9.72. The van der Waals surface area contributed by atoms with Crippen LogP contribution in [0.4, 0.5) is 4.39 Å². The third-order valence-corrected chi connectivity index (χ3v) is 3.18. The lowest BCUT2D eigenvalue weighted by atomic mass is 10.2. The van der Waals surface area contributed by atoms with Gasteiger partial charge in [-0.1, -0.05) is 12.1 Å². The van der Waals surface area contributed by atoms with Crippen molar-refractivity contribution in [3.63, 3.8) is 0 Å². The van der Waals surface area contributed by atoms with Crippen molar-refractivity contribution < 1.29 is 9.13 Å². The molecule has 1 rings (SSSR count). The van der Waals surface area contributed by atoms with Crippen molar-refractivity contribution in [1.29, 1.82) is 0 Å². The zero-order chi connectivity index (χ0) is 16.4. The van der Waals surface area contributed by atoms with Crippen LogP contribution in [0.2, 0.25) is 0 Å². The zero-order valence-electron chi connectivity index (χ0n) is 14.3. The fourth-order valence-corrected chi connectivity index (χ4v) is 2.07. The van der Waals surface area contributed by atoms with Crippen molar-refractivity contribution in [2.45, 2.75) is 19.5 Å². The Balaban J connectivity index is 0.00000484. The second kappa shape index (κ2) is 12.5. The number of methoxy groups -OCH3 is 1. The van der Waals surface area contributed by atoms with E-state index in [1.54, 1.807) is 14.2 Å². The molecule has 1 unspecified atom stereocenters. The molecule has 132 valence electrons. The second-order valence-electron chi connectivity index (χ2n) is 5.36. The van der Waals surface area contributed by atoms with Crippen LogP contribution >= 0.6 is 24.0 Å². The molecule has 5 nitrogen and oxygen atoms in total. The molecule has 0 bridgehead atoms. The molecule has 1 atom stereocenters. The fourth-order valence-electron chi connectivity index (χ4n) is 2.07. The van der Waals surface area contributed by atoms with Gasteiger partial charge >= 0.3 is 0 Å². The molecule has 23 heavy (non-hydrogen) atoms. The highest BCUT2D eigenvalue weighted by Crippen LogP contribution is 2.04. The molecule has 0 aliphatic heterocycles. The van der Waals surface area contributed by atoms with Gasteiger partial charge in [0.2, 0.25) is 0 Å². The number of hydrogen-bond acceptors (Lipinski definition) is 3. The summed E-state index contributed by atoms with van der Waals surface area (Å²) in [5, 5.41) is 6.52. The van der Waals surface area contributed by atoms with Gasteiger partial charge < -0.3 is 20.3 Å².